The molecule has 3 N–H and O–H groups in total. The van der Waals surface area contributed by atoms with Gasteiger partial charge >= 0.3 is 0 Å². The maximum Gasteiger partial charge on any atom is 0.161 e. The first-order valence-electron chi connectivity index (χ1n) is 5.93. The molecule has 1 aromatic carbocycles. The first-order chi connectivity index (χ1) is 8.58. The molecule has 0 heterocycles. The summed E-state index contributed by atoms with van der Waals surface area (Å²) in [6.07, 6.45) is 1.61. The van der Waals surface area contributed by atoms with Gasteiger partial charge in [-0.1, -0.05) is 15.9 Å². The van der Waals surface area contributed by atoms with Gasteiger partial charge in [-0.05, 0) is 36.5 Å². The van der Waals surface area contributed by atoms with Crippen molar-refractivity contribution in [2.24, 2.45) is 11.7 Å². The summed E-state index contributed by atoms with van der Waals surface area (Å²) >= 11 is 3.46. The molecular formula is C13H19BrClNO3. The molecule has 1 aromatic rings. The molecular weight excluding hydrogens is 334 g/mol. The number of benzene rings is 1. The van der Waals surface area contributed by atoms with E-state index >= 15 is 0 Å². The molecule has 0 spiro atoms. The third-order valence-corrected chi connectivity index (χ3v) is 4.02. The zero-order valence-corrected chi connectivity index (χ0v) is 13.3. The van der Waals surface area contributed by atoms with Crippen LogP contribution in [-0.4, -0.2) is 25.4 Å². The van der Waals surface area contributed by atoms with Crippen LogP contribution in [0.3, 0.4) is 0 Å². The van der Waals surface area contributed by atoms with E-state index in [4.69, 9.17) is 15.2 Å². The second-order valence-electron chi connectivity index (χ2n) is 4.58. The molecule has 1 fully saturated rings. The lowest BCUT2D eigenvalue weighted by molar-refractivity contribution is 0.122. The summed E-state index contributed by atoms with van der Waals surface area (Å²) < 4.78 is 11.3. The van der Waals surface area contributed by atoms with Crippen LogP contribution in [0, 0.1) is 5.92 Å². The van der Waals surface area contributed by atoms with Crippen molar-refractivity contribution in [3.05, 3.63) is 22.2 Å². The number of halogens is 2. The lowest BCUT2D eigenvalue weighted by atomic mass is 9.98. The average molecular weight is 353 g/mol. The predicted octanol–water partition coefficient (Wildman–Crippen LogP) is 2.66. The van der Waals surface area contributed by atoms with Gasteiger partial charge in [0, 0.05) is 4.47 Å². The second kappa shape index (κ2) is 6.79. The van der Waals surface area contributed by atoms with E-state index in [0.717, 1.165) is 22.9 Å². The van der Waals surface area contributed by atoms with E-state index in [-0.39, 0.29) is 12.4 Å². The highest BCUT2D eigenvalue weighted by Crippen LogP contribution is 2.41. The fourth-order valence-electron chi connectivity index (χ4n) is 2.04. The van der Waals surface area contributed by atoms with E-state index in [1.54, 1.807) is 14.2 Å². The topological polar surface area (TPSA) is 64.7 Å². The highest BCUT2D eigenvalue weighted by molar-refractivity contribution is 9.10. The van der Waals surface area contributed by atoms with Crippen molar-refractivity contribution in [2.75, 3.05) is 14.2 Å². The van der Waals surface area contributed by atoms with Crippen molar-refractivity contribution in [1.82, 2.24) is 0 Å². The summed E-state index contributed by atoms with van der Waals surface area (Å²) in [5.74, 6) is 1.59. The predicted molar refractivity (Wildman–Crippen MR) is 80.2 cm³/mol. The Morgan fingerprint density at radius 3 is 2.26 bits per heavy atom. The van der Waals surface area contributed by atoms with Crippen molar-refractivity contribution in [1.29, 1.82) is 0 Å². The van der Waals surface area contributed by atoms with E-state index in [1.807, 2.05) is 12.1 Å². The summed E-state index contributed by atoms with van der Waals surface area (Å²) in [5.41, 5.74) is 6.96. The van der Waals surface area contributed by atoms with E-state index in [9.17, 15) is 5.11 Å². The van der Waals surface area contributed by atoms with Gasteiger partial charge in [-0.2, -0.15) is 0 Å². The van der Waals surface area contributed by atoms with E-state index in [1.165, 1.54) is 0 Å². The van der Waals surface area contributed by atoms with Crippen molar-refractivity contribution in [3.63, 3.8) is 0 Å². The Morgan fingerprint density at radius 1 is 1.26 bits per heavy atom. The number of hydrogen-bond acceptors (Lipinski definition) is 4. The molecule has 1 aliphatic carbocycles. The van der Waals surface area contributed by atoms with Crippen molar-refractivity contribution in [2.45, 2.75) is 25.0 Å². The number of ether oxygens (including phenoxy) is 2. The molecule has 0 bridgehead atoms. The maximum absolute atomic E-state index is 10.1. The smallest absolute Gasteiger partial charge is 0.161 e. The average Bonchev–Trinajstić information content (AvgIpc) is 3.20. The molecule has 0 radical (unpaired) electrons. The van der Waals surface area contributed by atoms with E-state index < -0.39 is 12.1 Å². The zero-order valence-electron chi connectivity index (χ0n) is 10.9. The lowest BCUT2D eigenvalue weighted by Gasteiger charge is -2.21. The van der Waals surface area contributed by atoms with Gasteiger partial charge in [0.1, 0.15) is 0 Å². The number of methoxy groups -OCH3 is 2. The SMILES string of the molecule is COc1cc(Br)c([C@H](N)[C@H](O)C2CC2)cc1OC.Cl. The molecule has 2 rings (SSSR count). The molecule has 6 heteroatoms. The Hall–Kier alpha value is -0.490. The van der Waals surface area contributed by atoms with Crippen LogP contribution in [-0.2, 0) is 0 Å². The minimum Gasteiger partial charge on any atom is -0.493 e. The van der Waals surface area contributed by atoms with Gasteiger partial charge in [0.05, 0.1) is 26.4 Å². The Morgan fingerprint density at radius 2 is 1.79 bits per heavy atom. The molecule has 0 saturated heterocycles. The summed E-state index contributed by atoms with van der Waals surface area (Å²) in [6.45, 7) is 0. The van der Waals surface area contributed by atoms with Gasteiger partial charge < -0.3 is 20.3 Å². The molecule has 1 saturated carbocycles. The maximum atomic E-state index is 10.1. The monoisotopic (exact) mass is 351 g/mol. The molecule has 0 unspecified atom stereocenters. The fraction of sp³-hybridized carbons (Fsp3) is 0.538. The number of rotatable bonds is 5. The standard InChI is InChI=1S/C13H18BrNO3.ClH/c1-17-10-5-8(9(14)6-11(10)18-2)12(15)13(16)7-3-4-7;/h5-7,12-13,16H,3-4,15H2,1-2H3;1H/t12-,13+;/m0./s1. The van der Waals surface area contributed by atoms with Gasteiger partial charge in [-0.15, -0.1) is 12.4 Å². The van der Waals surface area contributed by atoms with Crippen LogP contribution in [0.4, 0.5) is 0 Å². The normalized spacial score (nSPS) is 17.3. The molecule has 0 aliphatic heterocycles. The Kier molecular flexibility index (Phi) is 5.92. The second-order valence-corrected chi connectivity index (χ2v) is 5.44. The quantitative estimate of drug-likeness (QED) is 0.855. The van der Waals surface area contributed by atoms with Crippen LogP contribution in [0.25, 0.3) is 0 Å². The highest BCUT2D eigenvalue weighted by atomic mass is 79.9. The third-order valence-electron chi connectivity index (χ3n) is 3.33. The molecule has 1 aliphatic rings. The number of hydrogen-bond donors (Lipinski definition) is 2. The largest absolute Gasteiger partial charge is 0.493 e. The first-order valence-corrected chi connectivity index (χ1v) is 6.72. The summed E-state index contributed by atoms with van der Waals surface area (Å²) in [4.78, 5) is 0. The number of nitrogens with two attached hydrogens (primary N) is 1. The van der Waals surface area contributed by atoms with Crippen molar-refractivity contribution < 1.29 is 14.6 Å². The molecule has 4 nitrogen and oxygen atoms in total. The van der Waals surface area contributed by atoms with Gasteiger partial charge in [-0.25, -0.2) is 0 Å². The minimum atomic E-state index is -0.501. The van der Waals surface area contributed by atoms with Crippen LogP contribution in [0.2, 0.25) is 0 Å². The summed E-state index contributed by atoms with van der Waals surface area (Å²) in [6, 6.07) is 3.22. The van der Waals surface area contributed by atoms with Crippen LogP contribution < -0.4 is 15.2 Å². The summed E-state index contributed by atoms with van der Waals surface area (Å²) in [7, 11) is 3.17. The lowest BCUT2D eigenvalue weighted by Crippen LogP contribution is -2.28. The van der Waals surface area contributed by atoms with Crippen molar-refractivity contribution in [3.8, 4) is 11.5 Å². The summed E-state index contributed by atoms with van der Waals surface area (Å²) in [5, 5.41) is 10.1. The first kappa shape index (κ1) is 16.6. The molecule has 2 atom stereocenters. The Balaban J connectivity index is 0.00000180. The van der Waals surface area contributed by atoms with Crippen LogP contribution >= 0.6 is 28.3 Å². The highest BCUT2D eigenvalue weighted by Gasteiger charge is 2.35. The number of aliphatic hydroxyl groups excluding tert-OH is 1. The van der Waals surface area contributed by atoms with Crippen LogP contribution in [0.15, 0.2) is 16.6 Å². The van der Waals surface area contributed by atoms with Crippen LogP contribution in [0.5, 0.6) is 11.5 Å². The molecule has 0 aromatic heterocycles. The molecule has 108 valence electrons. The van der Waals surface area contributed by atoms with Gasteiger partial charge in [0.15, 0.2) is 11.5 Å². The minimum absolute atomic E-state index is 0. The zero-order chi connectivity index (χ0) is 13.3. The Labute approximate surface area is 127 Å². The van der Waals surface area contributed by atoms with Crippen LogP contribution in [0.1, 0.15) is 24.4 Å². The van der Waals surface area contributed by atoms with Gasteiger partial charge in [0.25, 0.3) is 0 Å². The molecule has 0 amide bonds. The fourth-order valence-corrected chi connectivity index (χ4v) is 2.63. The molecule has 19 heavy (non-hydrogen) atoms. The Bertz CT molecular complexity index is 440. The number of aliphatic hydroxyl groups is 1. The third kappa shape index (κ3) is 3.54. The van der Waals surface area contributed by atoms with Crippen molar-refractivity contribution >= 4 is 28.3 Å². The van der Waals surface area contributed by atoms with Gasteiger partial charge in [0.2, 0.25) is 0 Å². The van der Waals surface area contributed by atoms with E-state index in [2.05, 4.69) is 15.9 Å². The van der Waals surface area contributed by atoms with E-state index in [0.29, 0.717) is 17.4 Å². The van der Waals surface area contributed by atoms with Gasteiger partial charge in [-0.3, -0.25) is 0 Å².